The van der Waals surface area contributed by atoms with Crippen molar-refractivity contribution >= 4 is 11.6 Å². The van der Waals surface area contributed by atoms with Crippen molar-refractivity contribution in [2.24, 2.45) is 11.8 Å². The van der Waals surface area contributed by atoms with Crippen molar-refractivity contribution in [3.8, 4) is 0 Å². The van der Waals surface area contributed by atoms with Crippen LogP contribution in [0.15, 0.2) is 18.2 Å². The summed E-state index contributed by atoms with van der Waals surface area (Å²) in [6, 6.07) is 7.03. The minimum Gasteiger partial charge on any atom is -0.310 e. The monoisotopic (exact) mass is 265 g/mol. The molecule has 2 rings (SSSR count). The van der Waals surface area contributed by atoms with Crippen LogP contribution in [-0.4, -0.2) is 6.04 Å². The topological polar surface area (TPSA) is 12.0 Å². The molecule has 0 heterocycles. The lowest BCUT2D eigenvalue weighted by Crippen LogP contribution is -2.35. The molecule has 1 aromatic carbocycles. The van der Waals surface area contributed by atoms with E-state index < -0.39 is 0 Å². The Bertz CT molecular complexity index is 402. The summed E-state index contributed by atoms with van der Waals surface area (Å²) >= 11 is 6.15. The van der Waals surface area contributed by atoms with Crippen LogP contribution in [0.4, 0.5) is 0 Å². The van der Waals surface area contributed by atoms with Gasteiger partial charge in [-0.2, -0.15) is 0 Å². The molecule has 0 spiro atoms. The second-order valence-electron chi connectivity index (χ2n) is 5.93. The number of halogens is 1. The predicted molar refractivity (Wildman–Crippen MR) is 79.0 cm³/mol. The molecule has 3 atom stereocenters. The maximum absolute atomic E-state index is 6.15. The van der Waals surface area contributed by atoms with E-state index >= 15 is 0 Å². The average Bonchev–Trinajstić information content (AvgIpc) is 2.35. The maximum Gasteiger partial charge on any atom is 0.0438 e. The lowest BCUT2D eigenvalue weighted by atomic mass is 9.79. The van der Waals surface area contributed by atoms with Crippen molar-refractivity contribution < 1.29 is 0 Å². The zero-order valence-corrected chi connectivity index (χ0v) is 12.4. The Hall–Kier alpha value is -0.530. The Morgan fingerprint density at radius 3 is 2.67 bits per heavy atom. The fraction of sp³-hybridized carbons (Fsp3) is 0.625. The quantitative estimate of drug-likeness (QED) is 0.845. The van der Waals surface area contributed by atoms with Crippen LogP contribution in [0.5, 0.6) is 0 Å². The lowest BCUT2D eigenvalue weighted by molar-refractivity contribution is 0.225. The first-order chi connectivity index (χ1) is 8.56. The summed E-state index contributed by atoms with van der Waals surface area (Å²) in [7, 11) is 0. The summed E-state index contributed by atoms with van der Waals surface area (Å²) < 4.78 is 0. The van der Waals surface area contributed by atoms with Crippen molar-refractivity contribution in [3.05, 3.63) is 34.3 Å². The molecule has 0 radical (unpaired) electrons. The number of benzene rings is 1. The molecule has 1 aliphatic rings. The fourth-order valence-corrected chi connectivity index (χ4v) is 2.94. The van der Waals surface area contributed by atoms with Gasteiger partial charge in [0.05, 0.1) is 0 Å². The van der Waals surface area contributed by atoms with Crippen molar-refractivity contribution in [1.29, 1.82) is 0 Å². The highest BCUT2D eigenvalue weighted by Gasteiger charge is 2.23. The van der Waals surface area contributed by atoms with Crippen molar-refractivity contribution in [2.75, 3.05) is 0 Å². The van der Waals surface area contributed by atoms with E-state index in [4.69, 9.17) is 11.6 Å². The van der Waals surface area contributed by atoms with E-state index in [2.05, 4.69) is 37.4 Å². The Balaban J connectivity index is 1.86. The normalized spacial score (nSPS) is 28.3. The highest BCUT2D eigenvalue weighted by Crippen LogP contribution is 2.29. The number of rotatable bonds is 3. The summed E-state index contributed by atoms with van der Waals surface area (Å²) in [6.07, 6.45) is 3.97. The van der Waals surface area contributed by atoms with Gasteiger partial charge in [0.15, 0.2) is 0 Å². The number of nitrogens with one attached hydrogen (secondary N) is 1. The molecule has 2 heteroatoms. The molecule has 0 aromatic heterocycles. The molecular formula is C16H24ClN. The fourth-order valence-electron chi connectivity index (χ4n) is 2.74. The van der Waals surface area contributed by atoms with Crippen LogP contribution in [0.3, 0.4) is 0 Å². The molecule has 1 saturated carbocycles. The van der Waals surface area contributed by atoms with Crippen LogP contribution >= 0.6 is 11.6 Å². The largest absolute Gasteiger partial charge is 0.310 e. The highest BCUT2D eigenvalue weighted by molar-refractivity contribution is 6.31. The van der Waals surface area contributed by atoms with Gasteiger partial charge in [0.1, 0.15) is 0 Å². The molecule has 1 aliphatic carbocycles. The number of hydrogen-bond acceptors (Lipinski definition) is 1. The maximum atomic E-state index is 6.15. The standard InChI is InChI=1S/C16H24ClN/c1-11-5-7-15(8-13(11)3)18-10-14-6-4-12(2)16(17)9-14/h4,6,9,11,13,15,18H,5,7-8,10H2,1-3H3. The second kappa shape index (κ2) is 6.08. The minimum atomic E-state index is 0.677. The van der Waals surface area contributed by atoms with E-state index in [-0.39, 0.29) is 0 Å². The third-order valence-electron chi connectivity index (χ3n) is 4.43. The first-order valence-electron chi connectivity index (χ1n) is 7.04. The van der Waals surface area contributed by atoms with Gasteiger partial charge in [-0.25, -0.2) is 0 Å². The van der Waals surface area contributed by atoms with Gasteiger partial charge in [0, 0.05) is 17.6 Å². The van der Waals surface area contributed by atoms with Gasteiger partial charge in [-0.1, -0.05) is 37.6 Å². The van der Waals surface area contributed by atoms with Gasteiger partial charge >= 0.3 is 0 Å². The van der Waals surface area contributed by atoms with E-state index in [1.54, 1.807) is 0 Å². The van der Waals surface area contributed by atoms with Gasteiger partial charge in [0.2, 0.25) is 0 Å². The molecule has 3 unspecified atom stereocenters. The van der Waals surface area contributed by atoms with Crippen molar-refractivity contribution in [2.45, 2.75) is 52.6 Å². The Morgan fingerprint density at radius 1 is 1.22 bits per heavy atom. The van der Waals surface area contributed by atoms with E-state index in [0.717, 1.165) is 29.0 Å². The van der Waals surface area contributed by atoms with Crippen LogP contribution in [0.2, 0.25) is 5.02 Å². The molecule has 1 fully saturated rings. The van der Waals surface area contributed by atoms with E-state index in [1.165, 1.54) is 24.8 Å². The van der Waals surface area contributed by atoms with Gasteiger partial charge in [0.25, 0.3) is 0 Å². The van der Waals surface area contributed by atoms with Crippen molar-refractivity contribution in [3.63, 3.8) is 0 Å². The van der Waals surface area contributed by atoms with Gasteiger partial charge in [-0.15, -0.1) is 0 Å². The molecule has 1 nitrogen and oxygen atoms in total. The zero-order valence-electron chi connectivity index (χ0n) is 11.7. The zero-order chi connectivity index (χ0) is 13.1. The molecule has 100 valence electrons. The average molecular weight is 266 g/mol. The molecule has 0 amide bonds. The smallest absolute Gasteiger partial charge is 0.0438 e. The first kappa shape index (κ1) is 13.9. The molecular weight excluding hydrogens is 242 g/mol. The number of hydrogen-bond donors (Lipinski definition) is 1. The second-order valence-corrected chi connectivity index (χ2v) is 6.34. The Morgan fingerprint density at radius 2 is 2.00 bits per heavy atom. The number of aryl methyl sites for hydroxylation is 1. The summed E-state index contributed by atoms with van der Waals surface area (Å²) in [4.78, 5) is 0. The predicted octanol–water partition coefficient (Wildman–Crippen LogP) is 4.56. The molecule has 0 aliphatic heterocycles. The highest BCUT2D eigenvalue weighted by atomic mass is 35.5. The van der Waals surface area contributed by atoms with E-state index in [1.807, 2.05) is 6.92 Å². The summed E-state index contributed by atoms with van der Waals surface area (Å²) in [5, 5.41) is 4.55. The van der Waals surface area contributed by atoms with Crippen LogP contribution in [0.1, 0.15) is 44.2 Å². The van der Waals surface area contributed by atoms with Gasteiger partial charge in [-0.3, -0.25) is 0 Å². The molecule has 0 saturated heterocycles. The summed E-state index contributed by atoms with van der Waals surface area (Å²) in [6.45, 7) is 7.73. The third-order valence-corrected chi connectivity index (χ3v) is 4.84. The van der Waals surface area contributed by atoms with Crippen LogP contribution in [0.25, 0.3) is 0 Å². The van der Waals surface area contributed by atoms with Crippen LogP contribution < -0.4 is 5.32 Å². The molecule has 1 aromatic rings. The SMILES string of the molecule is Cc1ccc(CNC2CCC(C)C(C)C2)cc1Cl. The third kappa shape index (κ3) is 3.49. The van der Waals surface area contributed by atoms with Crippen molar-refractivity contribution in [1.82, 2.24) is 5.32 Å². The van der Waals surface area contributed by atoms with Gasteiger partial charge < -0.3 is 5.32 Å². The van der Waals surface area contributed by atoms with Crippen LogP contribution in [0, 0.1) is 18.8 Å². The molecule has 1 N–H and O–H groups in total. The molecule has 18 heavy (non-hydrogen) atoms. The summed E-state index contributed by atoms with van der Waals surface area (Å²) in [5.74, 6) is 1.73. The molecule has 0 bridgehead atoms. The van der Waals surface area contributed by atoms with E-state index in [0.29, 0.717) is 6.04 Å². The first-order valence-corrected chi connectivity index (χ1v) is 7.42. The van der Waals surface area contributed by atoms with Gasteiger partial charge in [-0.05, 0) is 55.2 Å². The lowest BCUT2D eigenvalue weighted by Gasteiger charge is -2.32. The van der Waals surface area contributed by atoms with E-state index in [9.17, 15) is 0 Å². The minimum absolute atomic E-state index is 0.677. The Kier molecular flexibility index (Phi) is 4.69. The summed E-state index contributed by atoms with van der Waals surface area (Å²) in [5.41, 5.74) is 2.44. The Labute approximate surface area is 116 Å². The van der Waals surface area contributed by atoms with Crippen LogP contribution in [-0.2, 0) is 6.54 Å².